The zero-order valence-corrected chi connectivity index (χ0v) is 20.5. The highest BCUT2D eigenvalue weighted by molar-refractivity contribution is 6.59. The van der Waals surface area contributed by atoms with Crippen molar-refractivity contribution in [3.8, 4) is 16.8 Å². The van der Waals surface area contributed by atoms with Crippen LogP contribution in [0.3, 0.4) is 0 Å². The molecule has 0 fully saturated rings. The lowest BCUT2D eigenvalue weighted by molar-refractivity contribution is 0.426. The summed E-state index contributed by atoms with van der Waals surface area (Å²) in [6.45, 7) is 2.98. The second-order valence-corrected chi connectivity index (χ2v) is 9.55. The molecule has 178 valence electrons. The van der Waals surface area contributed by atoms with Gasteiger partial charge in [-0.2, -0.15) is 0 Å². The molecule has 0 amide bonds. The highest BCUT2D eigenvalue weighted by atomic mass is 16.4. The molecule has 0 aliphatic heterocycles. The number of para-hydroxylation sites is 2. The summed E-state index contributed by atoms with van der Waals surface area (Å²) in [5, 5.41) is 24.1. The average Bonchev–Trinajstić information content (AvgIpc) is 3.44. The zero-order valence-electron chi connectivity index (χ0n) is 20.5. The van der Waals surface area contributed by atoms with E-state index in [0.29, 0.717) is 5.46 Å². The Kier molecular flexibility index (Phi) is 4.96. The average molecular weight is 480 g/mol. The van der Waals surface area contributed by atoms with Gasteiger partial charge in [0.25, 0.3) is 0 Å². The number of hydrogen-bond acceptors (Lipinski definition) is 2. The standard InChI is InChI=1S/C32H25BN2O2/c1-2-34-29-15-12-21(19-27(29)28-20-23(33(36)37)14-17-30(28)34)22-13-16-32-26(18-22)25-10-6-7-11-31(25)35(32)24-8-4-3-5-9-24/h3-20,36-37H,2H2,1H3. The van der Waals surface area contributed by atoms with Gasteiger partial charge >= 0.3 is 7.12 Å². The van der Waals surface area contributed by atoms with Crippen molar-refractivity contribution in [1.29, 1.82) is 0 Å². The number of rotatable bonds is 4. The van der Waals surface area contributed by atoms with Crippen molar-refractivity contribution in [3.05, 3.63) is 109 Å². The third-order valence-electron chi connectivity index (χ3n) is 7.52. The Hall–Kier alpha value is -4.32. The Morgan fingerprint density at radius 3 is 1.84 bits per heavy atom. The van der Waals surface area contributed by atoms with E-state index in [1.165, 1.54) is 21.8 Å². The topological polar surface area (TPSA) is 50.3 Å². The molecular formula is C32H25BN2O2. The molecule has 7 aromatic rings. The molecule has 0 bridgehead atoms. The minimum atomic E-state index is -1.49. The van der Waals surface area contributed by atoms with E-state index in [-0.39, 0.29) is 0 Å². The highest BCUT2D eigenvalue weighted by Crippen LogP contribution is 2.37. The van der Waals surface area contributed by atoms with E-state index < -0.39 is 7.12 Å². The minimum Gasteiger partial charge on any atom is -0.423 e. The van der Waals surface area contributed by atoms with Gasteiger partial charge < -0.3 is 19.2 Å². The fourth-order valence-corrected chi connectivity index (χ4v) is 5.81. The predicted molar refractivity (Wildman–Crippen MR) is 155 cm³/mol. The van der Waals surface area contributed by atoms with Gasteiger partial charge in [-0.1, -0.05) is 60.7 Å². The van der Waals surface area contributed by atoms with Crippen LogP contribution in [0.2, 0.25) is 0 Å². The third kappa shape index (κ3) is 3.32. The van der Waals surface area contributed by atoms with Gasteiger partial charge in [-0.3, -0.25) is 0 Å². The van der Waals surface area contributed by atoms with Crippen LogP contribution in [0.4, 0.5) is 0 Å². The number of aromatic nitrogens is 2. The van der Waals surface area contributed by atoms with Crippen LogP contribution in [0.5, 0.6) is 0 Å². The summed E-state index contributed by atoms with van der Waals surface area (Å²) in [7, 11) is -1.49. The van der Waals surface area contributed by atoms with E-state index in [1.807, 2.05) is 18.2 Å². The van der Waals surface area contributed by atoms with E-state index >= 15 is 0 Å². The Balaban J connectivity index is 1.46. The second-order valence-electron chi connectivity index (χ2n) is 9.55. The molecule has 2 aromatic heterocycles. The SMILES string of the molecule is CCn1c2ccc(B(O)O)cc2c2cc(-c3ccc4c(c3)c3ccccc3n4-c3ccccc3)ccc21. The number of benzene rings is 5. The minimum absolute atomic E-state index is 0.503. The molecule has 0 saturated carbocycles. The third-order valence-corrected chi connectivity index (χ3v) is 7.52. The first-order valence-electron chi connectivity index (χ1n) is 12.6. The van der Waals surface area contributed by atoms with Crippen molar-refractivity contribution in [2.24, 2.45) is 0 Å². The first-order valence-corrected chi connectivity index (χ1v) is 12.6. The van der Waals surface area contributed by atoms with Crippen LogP contribution in [0.1, 0.15) is 6.92 Å². The molecule has 0 radical (unpaired) electrons. The van der Waals surface area contributed by atoms with Crippen LogP contribution in [-0.4, -0.2) is 26.3 Å². The number of nitrogens with zero attached hydrogens (tertiary/aromatic N) is 2. The van der Waals surface area contributed by atoms with Gasteiger partial charge in [0.05, 0.1) is 11.0 Å². The number of aryl methyl sites for hydroxylation is 1. The molecule has 0 atom stereocenters. The van der Waals surface area contributed by atoms with Crippen molar-refractivity contribution in [2.45, 2.75) is 13.5 Å². The van der Waals surface area contributed by atoms with Crippen molar-refractivity contribution in [3.63, 3.8) is 0 Å². The monoisotopic (exact) mass is 480 g/mol. The summed E-state index contributed by atoms with van der Waals surface area (Å²) < 4.78 is 4.60. The predicted octanol–water partition coefficient (Wildman–Crippen LogP) is 6.26. The molecule has 37 heavy (non-hydrogen) atoms. The molecule has 0 aliphatic carbocycles. The van der Waals surface area contributed by atoms with Crippen LogP contribution in [0.25, 0.3) is 60.4 Å². The van der Waals surface area contributed by atoms with Crippen molar-refractivity contribution in [1.82, 2.24) is 9.13 Å². The highest BCUT2D eigenvalue weighted by Gasteiger charge is 2.17. The summed E-state index contributed by atoms with van der Waals surface area (Å²) >= 11 is 0. The van der Waals surface area contributed by atoms with Crippen LogP contribution in [0.15, 0.2) is 109 Å². The molecule has 7 rings (SSSR count). The van der Waals surface area contributed by atoms with Gasteiger partial charge in [0.2, 0.25) is 0 Å². The lowest BCUT2D eigenvalue weighted by Gasteiger charge is -2.08. The molecule has 2 heterocycles. The van der Waals surface area contributed by atoms with Crippen molar-refractivity contribution < 1.29 is 10.0 Å². The maximum atomic E-state index is 9.77. The van der Waals surface area contributed by atoms with E-state index in [0.717, 1.165) is 45.2 Å². The summed E-state index contributed by atoms with van der Waals surface area (Å²) in [4.78, 5) is 0. The Morgan fingerprint density at radius 2 is 1.14 bits per heavy atom. The van der Waals surface area contributed by atoms with Gasteiger partial charge in [-0.25, -0.2) is 0 Å². The molecule has 0 aliphatic rings. The van der Waals surface area contributed by atoms with Crippen molar-refractivity contribution >= 4 is 56.2 Å². The van der Waals surface area contributed by atoms with E-state index in [1.54, 1.807) is 6.07 Å². The normalized spacial score (nSPS) is 11.8. The summed E-state index contributed by atoms with van der Waals surface area (Å²) in [5.41, 5.74) is 8.56. The fraction of sp³-hybridized carbons (Fsp3) is 0.0625. The largest absolute Gasteiger partial charge is 0.488 e. The number of hydrogen-bond donors (Lipinski definition) is 2. The van der Waals surface area contributed by atoms with E-state index in [9.17, 15) is 10.0 Å². The van der Waals surface area contributed by atoms with Crippen LogP contribution in [-0.2, 0) is 6.54 Å². The summed E-state index contributed by atoms with van der Waals surface area (Å²) in [6, 6.07) is 38.0. The van der Waals surface area contributed by atoms with Gasteiger partial charge in [0, 0.05) is 44.8 Å². The maximum Gasteiger partial charge on any atom is 0.488 e. The molecule has 5 aromatic carbocycles. The van der Waals surface area contributed by atoms with Crippen molar-refractivity contribution in [2.75, 3.05) is 0 Å². The quantitative estimate of drug-likeness (QED) is 0.292. The molecular weight excluding hydrogens is 455 g/mol. The van der Waals surface area contributed by atoms with Crippen LogP contribution in [0, 0.1) is 0 Å². The van der Waals surface area contributed by atoms with E-state index in [4.69, 9.17) is 0 Å². The first-order chi connectivity index (χ1) is 18.1. The lowest BCUT2D eigenvalue weighted by atomic mass is 9.80. The van der Waals surface area contributed by atoms with Crippen LogP contribution >= 0.6 is 0 Å². The Morgan fingerprint density at radius 1 is 0.568 bits per heavy atom. The zero-order chi connectivity index (χ0) is 25.1. The fourth-order valence-electron chi connectivity index (χ4n) is 5.81. The van der Waals surface area contributed by atoms with Crippen LogP contribution < -0.4 is 5.46 Å². The molecule has 0 unspecified atom stereocenters. The molecule has 0 spiro atoms. The molecule has 0 saturated heterocycles. The lowest BCUT2D eigenvalue weighted by Crippen LogP contribution is -2.29. The molecule has 4 nitrogen and oxygen atoms in total. The molecule has 5 heteroatoms. The smallest absolute Gasteiger partial charge is 0.423 e. The van der Waals surface area contributed by atoms with Gasteiger partial charge in [0.1, 0.15) is 0 Å². The first kappa shape index (κ1) is 21.9. The Bertz CT molecular complexity index is 1950. The van der Waals surface area contributed by atoms with Gasteiger partial charge in [-0.05, 0) is 72.0 Å². The summed E-state index contributed by atoms with van der Waals surface area (Å²) in [6.07, 6.45) is 0. The van der Waals surface area contributed by atoms with Gasteiger partial charge in [0.15, 0.2) is 0 Å². The Labute approximate surface area is 214 Å². The second kappa shape index (κ2) is 8.37. The van der Waals surface area contributed by atoms with E-state index in [2.05, 4.69) is 101 Å². The van der Waals surface area contributed by atoms with Gasteiger partial charge in [-0.15, -0.1) is 0 Å². The summed E-state index contributed by atoms with van der Waals surface area (Å²) in [5.74, 6) is 0. The maximum absolute atomic E-state index is 9.77. The molecule has 2 N–H and O–H groups in total. The number of fused-ring (bicyclic) bond motifs is 6.